The number of aliphatic carboxylic acids is 1. The normalized spacial score (nSPS) is 10.8. The lowest BCUT2D eigenvalue weighted by atomic mass is 10.0. The molecule has 0 amide bonds. The molecular weight excluding hydrogens is 636 g/mol. The summed E-state index contributed by atoms with van der Waals surface area (Å²) < 4.78 is 10.1. The van der Waals surface area contributed by atoms with Gasteiger partial charge >= 0.3 is 17.9 Å². The number of carboxylic acid groups (broad SMARTS) is 1. The molecule has 0 atom stereocenters. The van der Waals surface area contributed by atoms with Crippen LogP contribution in [0.15, 0.2) is 30.3 Å². The van der Waals surface area contributed by atoms with Crippen LogP contribution in [0.4, 0.5) is 0 Å². The van der Waals surface area contributed by atoms with Gasteiger partial charge in [-0.1, -0.05) is 224 Å². The van der Waals surface area contributed by atoms with Crippen molar-refractivity contribution in [2.75, 3.05) is 6.61 Å². The molecule has 0 aliphatic carbocycles. The van der Waals surface area contributed by atoms with E-state index in [4.69, 9.17) is 14.6 Å². The first kappa shape index (κ1) is 48.6. The zero-order chi connectivity index (χ0) is 37.3. The molecule has 0 saturated carbocycles. The number of ether oxygens (including phenoxy) is 2. The Morgan fingerprint density at radius 3 is 1.12 bits per heavy atom. The monoisotopic (exact) mass is 717 g/mol. The van der Waals surface area contributed by atoms with Gasteiger partial charge in [-0.25, -0.2) is 4.79 Å². The van der Waals surface area contributed by atoms with Crippen molar-refractivity contribution in [1.82, 2.24) is 0 Å². The predicted octanol–water partition coefficient (Wildman–Crippen LogP) is 13.9. The second kappa shape index (κ2) is 40.4. The summed E-state index contributed by atoms with van der Waals surface area (Å²) in [6.45, 7) is 4.44. The minimum atomic E-state index is -0.653. The molecule has 0 bridgehead atoms. The van der Waals surface area contributed by atoms with E-state index in [1.807, 2.05) is 30.3 Å². The van der Waals surface area contributed by atoms with Crippen molar-refractivity contribution in [3.05, 3.63) is 35.9 Å². The molecule has 0 radical (unpaired) electrons. The molecule has 6 nitrogen and oxygen atoms in total. The molecule has 0 fully saturated rings. The van der Waals surface area contributed by atoms with Crippen LogP contribution in [0, 0.1) is 0 Å². The van der Waals surface area contributed by atoms with Gasteiger partial charge in [-0.15, -0.1) is 0 Å². The second-order valence-corrected chi connectivity index (χ2v) is 14.6. The summed E-state index contributed by atoms with van der Waals surface area (Å²) in [6.07, 6.45) is 40.0. The van der Waals surface area contributed by atoms with E-state index < -0.39 is 11.9 Å². The minimum absolute atomic E-state index is 0.205. The van der Waals surface area contributed by atoms with Crippen molar-refractivity contribution in [3.8, 4) is 0 Å². The fourth-order valence-corrected chi connectivity index (χ4v) is 6.28. The molecule has 0 aliphatic heterocycles. The van der Waals surface area contributed by atoms with Crippen molar-refractivity contribution >= 4 is 17.9 Å². The predicted molar refractivity (Wildman–Crippen MR) is 214 cm³/mol. The van der Waals surface area contributed by atoms with Crippen LogP contribution in [-0.2, 0) is 30.5 Å². The molecular formula is C45H80O6. The molecule has 1 rings (SSSR count). The van der Waals surface area contributed by atoms with Crippen LogP contribution in [0.2, 0.25) is 0 Å². The maximum absolute atomic E-state index is 11.7. The highest BCUT2D eigenvalue weighted by Crippen LogP contribution is 2.15. The Balaban J connectivity index is 0.00000108. The zero-order valence-electron chi connectivity index (χ0n) is 33.4. The number of benzene rings is 1. The van der Waals surface area contributed by atoms with Crippen molar-refractivity contribution in [2.24, 2.45) is 0 Å². The summed E-state index contributed by atoms with van der Waals surface area (Å²) in [5, 5.41) is 8.52. The Labute approximate surface area is 314 Å². The molecule has 1 aromatic rings. The molecule has 0 spiro atoms. The average molecular weight is 717 g/mol. The highest BCUT2D eigenvalue weighted by atomic mass is 16.6. The summed E-state index contributed by atoms with van der Waals surface area (Å²) >= 11 is 0. The third-order valence-electron chi connectivity index (χ3n) is 9.57. The lowest BCUT2D eigenvalue weighted by Crippen LogP contribution is -2.16. The number of hydrogen-bond donors (Lipinski definition) is 1. The van der Waals surface area contributed by atoms with Crippen LogP contribution in [0.5, 0.6) is 0 Å². The number of carbonyl (C=O) groups is 3. The van der Waals surface area contributed by atoms with Crippen LogP contribution in [-0.4, -0.2) is 29.6 Å². The number of carbonyl (C=O) groups excluding carboxylic acids is 2. The first-order valence-corrected chi connectivity index (χ1v) is 21.6. The number of rotatable bonds is 36. The summed E-state index contributed by atoms with van der Waals surface area (Å²) in [5.41, 5.74) is 0.917. The lowest BCUT2D eigenvalue weighted by molar-refractivity contribution is -0.159. The van der Waals surface area contributed by atoms with E-state index in [9.17, 15) is 14.4 Å². The maximum Gasteiger partial charge on any atom is 0.344 e. The largest absolute Gasteiger partial charge is 0.481 e. The smallest absolute Gasteiger partial charge is 0.344 e. The van der Waals surface area contributed by atoms with Gasteiger partial charge in [-0.3, -0.25) is 9.59 Å². The molecule has 0 heterocycles. The van der Waals surface area contributed by atoms with E-state index in [-0.39, 0.29) is 19.2 Å². The van der Waals surface area contributed by atoms with E-state index in [0.29, 0.717) is 12.8 Å². The van der Waals surface area contributed by atoms with Gasteiger partial charge in [0.05, 0.1) is 0 Å². The molecule has 0 unspecified atom stereocenters. The Morgan fingerprint density at radius 1 is 0.431 bits per heavy atom. The first-order valence-electron chi connectivity index (χ1n) is 21.6. The summed E-state index contributed by atoms with van der Waals surface area (Å²) in [5.74, 6) is -1.47. The Kier molecular flexibility index (Phi) is 38.5. The highest BCUT2D eigenvalue weighted by molar-refractivity contribution is 5.76. The lowest BCUT2D eigenvalue weighted by Gasteiger charge is -2.06. The second-order valence-electron chi connectivity index (χ2n) is 14.6. The van der Waals surface area contributed by atoms with Crippen LogP contribution >= 0.6 is 0 Å². The topological polar surface area (TPSA) is 89.9 Å². The van der Waals surface area contributed by atoms with E-state index >= 15 is 0 Å². The standard InChI is InChI=1S/C27H44O4.C18H36O2/c1-2-3-4-5-6-7-8-9-10-11-12-13-14-15-19-22-26(28)31-24-27(29)30-23-25-20-17-16-18-21-25;1-2-3-4-5-6-7-8-9-10-11-12-13-14-15-16-17-18(19)20/h16-18,20-21H,2-15,19,22-24H2,1H3;2-17H2,1H3,(H,19,20). The number of unbranched alkanes of at least 4 members (excludes halogenated alkanes) is 28. The van der Waals surface area contributed by atoms with E-state index in [1.165, 1.54) is 167 Å². The molecule has 0 aromatic heterocycles. The molecule has 51 heavy (non-hydrogen) atoms. The Morgan fingerprint density at radius 2 is 0.765 bits per heavy atom. The number of hydrogen-bond acceptors (Lipinski definition) is 5. The number of carboxylic acids is 1. The van der Waals surface area contributed by atoms with E-state index in [2.05, 4.69) is 13.8 Å². The summed E-state index contributed by atoms with van der Waals surface area (Å²) in [6, 6.07) is 9.46. The minimum Gasteiger partial charge on any atom is -0.481 e. The van der Waals surface area contributed by atoms with Gasteiger partial charge in [0.25, 0.3) is 0 Å². The van der Waals surface area contributed by atoms with Gasteiger partial charge in [0.15, 0.2) is 6.61 Å². The maximum atomic E-state index is 11.7. The highest BCUT2D eigenvalue weighted by Gasteiger charge is 2.09. The quantitative estimate of drug-likeness (QED) is 0.0549. The van der Waals surface area contributed by atoms with Crippen LogP contribution < -0.4 is 0 Å². The third kappa shape index (κ3) is 40.3. The summed E-state index contributed by atoms with van der Waals surface area (Å²) in [7, 11) is 0. The molecule has 1 aromatic carbocycles. The fourth-order valence-electron chi connectivity index (χ4n) is 6.28. The molecule has 296 valence electrons. The van der Waals surface area contributed by atoms with Gasteiger partial charge in [-0.05, 0) is 18.4 Å². The van der Waals surface area contributed by atoms with Gasteiger partial charge in [0.2, 0.25) is 0 Å². The van der Waals surface area contributed by atoms with Crippen LogP contribution in [0.3, 0.4) is 0 Å². The Hall–Kier alpha value is -2.37. The van der Waals surface area contributed by atoms with Gasteiger partial charge in [0, 0.05) is 12.8 Å². The zero-order valence-corrected chi connectivity index (χ0v) is 33.4. The fraction of sp³-hybridized carbons (Fsp3) is 0.800. The van der Waals surface area contributed by atoms with Crippen LogP contribution in [0.25, 0.3) is 0 Å². The van der Waals surface area contributed by atoms with Crippen molar-refractivity contribution in [2.45, 2.75) is 226 Å². The first-order chi connectivity index (χ1) is 25.0. The number of esters is 2. The average Bonchev–Trinajstić information content (AvgIpc) is 3.13. The molecule has 1 N–H and O–H groups in total. The molecule has 0 aliphatic rings. The van der Waals surface area contributed by atoms with Gasteiger partial charge < -0.3 is 14.6 Å². The van der Waals surface area contributed by atoms with Crippen molar-refractivity contribution < 1.29 is 29.0 Å². The summed E-state index contributed by atoms with van der Waals surface area (Å²) in [4.78, 5) is 33.7. The van der Waals surface area contributed by atoms with Gasteiger partial charge in [-0.2, -0.15) is 0 Å². The van der Waals surface area contributed by atoms with Gasteiger partial charge in [0.1, 0.15) is 6.61 Å². The van der Waals surface area contributed by atoms with E-state index in [0.717, 1.165) is 31.2 Å². The molecule has 0 saturated heterocycles. The Bertz CT molecular complexity index is 886. The van der Waals surface area contributed by atoms with Crippen LogP contribution in [0.1, 0.15) is 225 Å². The molecule has 6 heteroatoms. The van der Waals surface area contributed by atoms with E-state index in [1.54, 1.807) is 0 Å². The third-order valence-corrected chi connectivity index (χ3v) is 9.57. The van der Waals surface area contributed by atoms with Crippen molar-refractivity contribution in [3.63, 3.8) is 0 Å². The van der Waals surface area contributed by atoms with Crippen molar-refractivity contribution in [1.29, 1.82) is 0 Å². The SMILES string of the molecule is CCCCCCCCCCCCCCCCCC(=O)O.CCCCCCCCCCCCCCCCCC(=O)OCC(=O)OCc1ccccc1.